The first-order valence-corrected chi connectivity index (χ1v) is 17.3. The maximum atomic E-state index is 6.15. The van der Waals surface area contributed by atoms with E-state index in [1.807, 2.05) is 48.5 Å². The molecule has 45 heavy (non-hydrogen) atoms. The molecule has 4 aromatic carbocycles. The van der Waals surface area contributed by atoms with Gasteiger partial charge in [-0.15, -0.1) is 0 Å². The second-order valence-electron chi connectivity index (χ2n) is 13.6. The Morgan fingerprint density at radius 2 is 1.07 bits per heavy atom. The van der Waals surface area contributed by atoms with E-state index in [4.69, 9.17) is 20.9 Å². The highest BCUT2D eigenvalue weighted by Crippen LogP contribution is 2.51. The summed E-state index contributed by atoms with van der Waals surface area (Å²) in [6.45, 7) is 2.31. The molecule has 2 aliphatic rings. The van der Waals surface area contributed by atoms with Gasteiger partial charge in [-0.2, -0.15) is 0 Å². The molecule has 0 saturated heterocycles. The molecule has 0 atom stereocenters. The van der Waals surface area contributed by atoms with E-state index >= 15 is 0 Å². The molecular formula is C41H50N2O2. The van der Waals surface area contributed by atoms with Gasteiger partial charge in [0.15, 0.2) is 0 Å². The van der Waals surface area contributed by atoms with E-state index in [9.17, 15) is 0 Å². The van der Waals surface area contributed by atoms with Crippen molar-refractivity contribution in [2.24, 2.45) is 17.8 Å². The third kappa shape index (κ3) is 7.66. The Morgan fingerprint density at radius 1 is 0.578 bits per heavy atom. The first kappa shape index (κ1) is 31.1. The monoisotopic (exact) mass is 602 g/mol. The van der Waals surface area contributed by atoms with E-state index in [-0.39, 0.29) is 5.41 Å². The minimum atomic E-state index is -0.0285. The van der Waals surface area contributed by atoms with Gasteiger partial charge in [-0.3, -0.25) is 0 Å². The molecule has 0 amide bonds. The average molecular weight is 603 g/mol. The number of nitrogen functional groups attached to an aromatic ring is 2. The smallest absolute Gasteiger partial charge is 0.129 e. The third-order valence-electron chi connectivity index (χ3n) is 10.7. The topological polar surface area (TPSA) is 70.5 Å². The minimum absolute atomic E-state index is 0.0285. The van der Waals surface area contributed by atoms with Gasteiger partial charge in [0.25, 0.3) is 0 Å². The minimum Gasteiger partial charge on any atom is -0.457 e. The van der Waals surface area contributed by atoms with Gasteiger partial charge in [0.2, 0.25) is 0 Å². The van der Waals surface area contributed by atoms with Crippen molar-refractivity contribution in [2.75, 3.05) is 11.5 Å². The molecule has 2 fully saturated rings. The molecule has 0 aromatic heterocycles. The second-order valence-corrected chi connectivity index (χ2v) is 13.6. The number of anilines is 2. The van der Waals surface area contributed by atoms with Crippen molar-refractivity contribution in [2.45, 2.75) is 89.4 Å². The number of nitrogens with two attached hydrogens (primary N) is 2. The Labute approximate surface area is 270 Å². The molecule has 4 N–H and O–H groups in total. The van der Waals surface area contributed by atoms with Crippen LogP contribution in [0, 0.1) is 17.8 Å². The predicted octanol–water partition coefficient (Wildman–Crippen LogP) is 11.3. The van der Waals surface area contributed by atoms with Crippen molar-refractivity contribution in [1.82, 2.24) is 0 Å². The van der Waals surface area contributed by atoms with Gasteiger partial charge >= 0.3 is 0 Å². The van der Waals surface area contributed by atoms with Crippen molar-refractivity contribution < 1.29 is 9.47 Å². The van der Waals surface area contributed by atoms with Crippen molar-refractivity contribution in [1.29, 1.82) is 0 Å². The quantitative estimate of drug-likeness (QED) is 0.132. The SMILES string of the molecule is CCCCC[C@H]1CC[C@@H](C2CCC(c3ccc(Oc4cccc(N)c4)cc3)(c3ccc(Oc4cccc(N)c4)cc3)CC2)CC1. The van der Waals surface area contributed by atoms with Crippen LogP contribution in [0.1, 0.15) is 95.1 Å². The highest BCUT2D eigenvalue weighted by Gasteiger charge is 2.41. The van der Waals surface area contributed by atoms with E-state index in [0.29, 0.717) is 11.4 Å². The third-order valence-corrected chi connectivity index (χ3v) is 10.7. The van der Waals surface area contributed by atoms with Gasteiger partial charge in [-0.05, 0) is 116 Å². The highest BCUT2D eigenvalue weighted by atomic mass is 16.5. The van der Waals surface area contributed by atoms with Crippen molar-refractivity contribution in [3.8, 4) is 23.0 Å². The second kappa shape index (κ2) is 14.5. The Balaban J connectivity index is 1.19. The van der Waals surface area contributed by atoms with E-state index in [1.165, 1.54) is 88.2 Å². The molecule has 6 rings (SSSR count). The van der Waals surface area contributed by atoms with E-state index in [1.54, 1.807) is 0 Å². The van der Waals surface area contributed by atoms with Crippen LogP contribution in [0.2, 0.25) is 0 Å². The Kier molecular flexibility index (Phi) is 9.98. The molecule has 0 spiro atoms. The van der Waals surface area contributed by atoms with Crippen LogP contribution < -0.4 is 20.9 Å². The number of unbranched alkanes of at least 4 members (excludes halogenated alkanes) is 2. The number of rotatable bonds is 11. The van der Waals surface area contributed by atoms with Crippen molar-refractivity contribution in [3.63, 3.8) is 0 Å². The Bertz CT molecular complexity index is 1400. The summed E-state index contributed by atoms with van der Waals surface area (Å²) in [6.07, 6.45) is 16.2. The fourth-order valence-corrected chi connectivity index (χ4v) is 8.09. The normalized spacial score (nSPS) is 20.0. The van der Waals surface area contributed by atoms with Gasteiger partial charge < -0.3 is 20.9 Å². The van der Waals surface area contributed by atoms with Gasteiger partial charge in [0, 0.05) is 28.9 Å². The Hall–Kier alpha value is -3.92. The van der Waals surface area contributed by atoms with Crippen molar-refractivity contribution in [3.05, 3.63) is 108 Å². The van der Waals surface area contributed by atoms with Crippen LogP contribution in [0.25, 0.3) is 0 Å². The first-order chi connectivity index (χ1) is 22.0. The van der Waals surface area contributed by atoms with Crippen LogP contribution in [-0.4, -0.2) is 0 Å². The van der Waals surface area contributed by atoms with Crippen LogP contribution in [0.4, 0.5) is 11.4 Å². The van der Waals surface area contributed by atoms with Crippen LogP contribution in [0.5, 0.6) is 23.0 Å². The van der Waals surface area contributed by atoms with E-state index < -0.39 is 0 Å². The van der Waals surface area contributed by atoms with E-state index in [2.05, 4.69) is 55.5 Å². The number of benzene rings is 4. The lowest BCUT2D eigenvalue weighted by molar-refractivity contribution is 0.140. The maximum Gasteiger partial charge on any atom is 0.129 e. The molecule has 2 aliphatic carbocycles. The summed E-state index contributed by atoms with van der Waals surface area (Å²) in [5, 5.41) is 0. The molecule has 4 aromatic rings. The predicted molar refractivity (Wildman–Crippen MR) is 187 cm³/mol. The van der Waals surface area contributed by atoms with Crippen LogP contribution in [0.3, 0.4) is 0 Å². The largest absolute Gasteiger partial charge is 0.457 e. The summed E-state index contributed by atoms with van der Waals surface area (Å²) in [6, 6.07) is 32.8. The van der Waals surface area contributed by atoms with Gasteiger partial charge in [-0.25, -0.2) is 0 Å². The molecule has 236 valence electrons. The first-order valence-electron chi connectivity index (χ1n) is 17.3. The summed E-state index contributed by atoms with van der Waals surface area (Å²) >= 11 is 0. The molecule has 4 nitrogen and oxygen atoms in total. The number of hydrogen-bond acceptors (Lipinski definition) is 4. The van der Waals surface area contributed by atoms with Gasteiger partial charge in [-0.1, -0.05) is 81.8 Å². The standard InChI is InChI=1S/C41H50N2O2/c1-2-3-4-7-30-12-14-31(15-13-30)32-24-26-41(27-25-32,33-16-20-37(21-17-33)44-39-10-5-8-35(42)28-39)34-18-22-38(23-19-34)45-40-11-6-9-36(43)29-40/h5-6,8-11,16-23,28-32H,2-4,7,12-15,24-27,42-43H2,1H3/t30-,31+. The number of ether oxygens (including phenoxy) is 2. The summed E-state index contributed by atoms with van der Waals surface area (Å²) in [4.78, 5) is 0. The summed E-state index contributed by atoms with van der Waals surface area (Å²) < 4.78 is 12.3. The molecule has 0 heterocycles. The lowest BCUT2D eigenvalue weighted by atomic mass is 9.60. The summed E-state index contributed by atoms with van der Waals surface area (Å²) in [7, 11) is 0. The molecule has 2 saturated carbocycles. The molecular weight excluding hydrogens is 552 g/mol. The summed E-state index contributed by atoms with van der Waals surface area (Å²) in [5.41, 5.74) is 16.1. The molecule has 0 radical (unpaired) electrons. The van der Waals surface area contributed by atoms with Crippen molar-refractivity contribution >= 4 is 11.4 Å². The molecule has 0 aliphatic heterocycles. The zero-order valence-electron chi connectivity index (χ0n) is 26.9. The van der Waals surface area contributed by atoms with Gasteiger partial charge in [0.1, 0.15) is 23.0 Å². The Morgan fingerprint density at radius 3 is 1.53 bits per heavy atom. The van der Waals surface area contributed by atoms with Crippen LogP contribution in [-0.2, 0) is 5.41 Å². The fourth-order valence-electron chi connectivity index (χ4n) is 8.09. The zero-order valence-corrected chi connectivity index (χ0v) is 26.9. The lowest BCUT2D eigenvalue weighted by Gasteiger charge is -2.44. The van der Waals surface area contributed by atoms with E-state index in [0.717, 1.165) is 40.8 Å². The fraction of sp³-hybridized carbons (Fsp3) is 0.415. The molecule has 4 heteroatoms. The van der Waals surface area contributed by atoms with Crippen LogP contribution >= 0.6 is 0 Å². The van der Waals surface area contributed by atoms with Crippen LogP contribution in [0.15, 0.2) is 97.1 Å². The maximum absolute atomic E-state index is 6.15. The lowest BCUT2D eigenvalue weighted by Crippen LogP contribution is -2.35. The molecule has 0 bridgehead atoms. The number of hydrogen-bond donors (Lipinski definition) is 2. The average Bonchev–Trinajstić information content (AvgIpc) is 3.06. The molecule has 0 unspecified atom stereocenters. The highest BCUT2D eigenvalue weighted by molar-refractivity contribution is 5.48. The van der Waals surface area contributed by atoms with Gasteiger partial charge in [0.05, 0.1) is 0 Å². The zero-order chi connectivity index (χ0) is 31.1. The summed E-state index contributed by atoms with van der Waals surface area (Å²) in [5.74, 6) is 5.88.